The van der Waals surface area contributed by atoms with Crippen molar-refractivity contribution in [3.63, 3.8) is 0 Å². The van der Waals surface area contributed by atoms with Crippen molar-refractivity contribution in [1.29, 1.82) is 0 Å². The Hall–Kier alpha value is -1.96. The molecule has 0 amide bonds. The molecule has 2 N–H and O–H groups in total. The third kappa shape index (κ3) is 1.75. The van der Waals surface area contributed by atoms with Crippen molar-refractivity contribution < 1.29 is 10.2 Å². The fourth-order valence-electron chi connectivity index (χ4n) is 5.31. The summed E-state index contributed by atoms with van der Waals surface area (Å²) in [7, 11) is 0. The topological polar surface area (TPSA) is 40.5 Å². The quantitative estimate of drug-likeness (QED) is 0.690. The highest BCUT2D eigenvalue weighted by Gasteiger charge is 2.56. The molecule has 1 spiro atoms. The number of hydrogen-bond acceptors (Lipinski definition) is 2. The summed E-state index contributed by atoms with van der Waals surface area (Å²) >= 11 is 0. The summed E-state index contributed by atoms with van der Waals surface area (Å²) in [4.78, 5) is 0. The molecule has 0 aliphatic heterocycles. The lowest BCUT2D eigenvalue weighted by molar-refractivity contribution is 0.349. The zero-order chi connectivity index (χ0) is 16.6. The average Bonchev–Trinajstić information content (AvgIpc) is 2.81. The average molecular weight is 308 g/mol. The van der Waals surface area contributed by atoms with Crippen molar-refractivity contribution in [2.24, 2.45) is 0 Å². The van der Waals surface area contributed by atoms with Crippen LogP contribution in [0.1, 0.15) is 62.8 Å². The van der Waals surface area contributed by atoms with Crippen LogP contribution in [0.15, 0.2) is 36.4 Å². The minimum atomic E-state index is -0.0654. The van der Waals surface area contributed by atoms with Crippen LogP contribution in [-0.4, -0.2) is 10.2 Å². The number of aromatic hydroxyl groups is 2. The zero-order valence-corrected chi connectivity index (χ0v) is 14.3. The van der Waals surface area contributed by atoms with Crippen molar-refractivity contribution >= 4 is 0 Å². The Balaban J connectivity index is 2.05. The van der Waals surface area contributed by atoms with E-state index in [0.717, 1.165) is 12.8 Å². The van der Waals surface area contributed by atoms with Crippen molar-refractivity contribution in [3.8, 4) is 11.5 Å². The molecule has 0 heterocycles. The van der Waals surface area contributed by atoms with E-state index >= 15 is 0 Å². The lowest BCUT2D eigenvalue weighted by Gasteiger charge is -2.30. The Bertz CT molecular complexity index is 817. The second kappa shape index (κ2) is 4.11. The second-order valence-corrected chi connectivity index (χ2v) is 8.64. The Morgan fingerprint density at radius 3 is 1.78 bits per heavy atom. The van der Waals surface area contributed by atoms with Gasteiger partial charge in [-0.1, -0.05) is 52.0 Å². The molecule has 4 rings (SSSR count). The predicted octanol–water partition coefficient (Wildman–Crippen LogP) is 4.75. The van der Waals surface area contributed by atoms with E-state index in [2.05, 4.69) is 52.0 Å². The molecule has 0 saturated heterocycles. The number of benzene rings is 2. The third-order valence-corrected chi connectivity index (χ3v) is 6.02. The minimum absolute atomic E-state index is 0.0111. The number of hydrogen-bond donors (Lipinski definition) is 2. The minimum Gasteiger partial charge on any atom is -0.504 e. The molecule has 2 heteroatoms. The van der Waals surface area contributed by atoms with Gasteiger partial charge in [0.25, 0.3) is 0 Å². The van der Waals surface area contributed by atoms with Crippen LogP contribution in [0.25, 0.3) is 0 Å². The maximum absolute atomic E-state index is 10.1. The van der Waals surface area contributed by atoms with Gasteiger partial charge in [0.15, 0.2) is 11.5 Å². The lowest BCUT2D eigenvalue weighted by Crippen LogP contribution is -2.26. The Labute approximate surface area is 137 Å². The predicted molar refractivity (Wildman–Crippen MR) is 92.3 cm³/mol. The van der Waals surface area contributed by atoms with E-state index < -0.39 is 0 Å². The molecule has 2 aromatic rings. The summed E-state index contributed by atoms with van der Waals surface area (Å²) in [5.74, 6) is -0.0255. The molecule has 2 nitrogen and oxygen atoms in total. The van der Waals surface area contributed by atoms with E-state index in [-0.39, 0.29) is 27.7 Å². The van der Waals surface area contributed by atoms with Gasteiger partial charge in [0.2, 0.25) is 0 Å². The van der Waals surface area contributed by atoms with Gasteiger partial charge < -0.3 is 10.2 Å². The number of rotatable bonds is 0. The Kier molecular flexibility index (Phi) is 2.61. The van der Waals surface area contributed by atoms with Crippen molar-refractivity contribution in [3.05, 3.63) is 58.7 Å². The molecule has 2 aliphatic carbocycles. The molecular weight excluding hydrogens is 284 g/mol. The van der Waals surface area contributed by atoms with Crippen LogP contribution in [-0.2, 0) is 16.2 Å². The maximum atomic E-state index is 10.1. The van der Waals surface area contributed by atoms with Gasteiger partial charge >= 0.3 is 0 Å². The normalized spacial score (nSPS) is 26.3. The van der Waals surface area contributed by atoms with Crippen LogP contribution in [0.3, 0.4) is 0 Å². The SMILES string of the molecule is CC1(C)C[C@]2(CC(C)(C)c3cc(O)c(O)cc32)c2ccccc21. The highest BCUT2D eigenvalue weighted by Crippen LogP contribution is 2.63. The first-order valence-electron chi connectivity index (χ1n) is 8.34. The molecule has 0 bridgehead atoms. The number of phenols is 2. The summed E-state index contributed by atoms with van der Waals surface area (Å²) in [5, 5.41) is 20.1. The van der Waals surface area contributed by atoms with Gasteiger partial charge in [-0.3, -0.25) is 0 Å². The summed E-state index contributed by atoms with van der Waals surface area (Å²) < 4.78 is 0. The van der Waals surface area contributed by atoms with Gasteiger partial charge in [0, 0.05) is 5.41 Å². The first-order chi connectivity index (χ1) is 10.7. The standard InChI is InChI=1S/C21H24O2/c1-19(2)11-21(14-8-6-5-7-13(14)19)12-20(3,4)15-9-17(22)18(23)10-16(15)21/h5-10,22-23H,11-12H2,1-4H3/t21-/m0/s1. The first kappa shape index (κ1) is 14.6. The van der Waals surface area contributed by atoms with Gasteiger partial charge in [-0.2, -0.15) is 0 Å². The fourth-order valence-corrected chi connectivity index (χ4v) is 5.31. The summed E-state index contributed by atoms with van der Waals surface area (Å²) in [5.41, 5.74) is 5.19. The molecule has 0 unspecified atom stereocenters. The fraction of sp³-hybridized carbons (Fsp3) is 0.429. The highest BCUT2D eigenvalue weighted by molar-refractivity contribution is 5.62. The van der Waals surface area contributed by atoms with E-state index in [1.54, 1.807) is 12.1 Å². The molecule has 0 radical (unpaired) electrons. The van der Waals surface area contributed by atoms with Crippen molar-refractivity contribution in [1.82, 2.24) is 0 Å². The van der Waals surface area contributed by atoms with E-state index in [1.165, 1.54) is 22.3 Å². The number of phenolic OH excluding ortho intramolecular Hbond substituents is 2. The van der Waals surface area contributed by atoms with Gasteiger partial charge in [0.1, 0.15) is 0 Å². The molecule has 0 fully saturated rings. The third-order valence-electron chi connectivity index (χ3n) is 6.02. The summed E-state index contributed by atoms with van der Waals surface area (Å²) in [6.07, 6.45) is 2.05. The van der Waals surface area contributed by atoms with E-state index in [4.69, 9.17) is 0 Å². The van der Waals surface area contributed by atoms with Crippen LogP contribution in [0.2, 0.25) is 0 Å². The molecule has 2 aromatic carbocycles. The van der Waals surface area contributed by atoms with Crippen LogP contribution in [0.5, 0.6) is 11.5 Å². The molecule has 2 aliphatic rings. The molecule has 1 atom stereocenters. The van der Waals surface area contributed by atoms with Crippen molar-refractivity contribution in [2.75, 3.05) is 0 Å². The molecule has 120 valence electrons. The Morgan fingerprint density at radius 1 is 0.696 bits per heavy atom. The van der Waals surface area contributed by atoms with Gasteiger partial charge in [0.05, 0.1) is 0 Å². The molecular formula is C21H24O2. The zero-order valence-electron chi connectivity index (χ0n) is 14.3. The summed E-state index contributed by atoms with van der Waals surface area (Å²) in [6, 6.07) is 12.3. The first-order valence-corrected chi connectivity index (χ1v) is 8.34. The highest BCUT2D eigenvalue weighted by atomic mass is 16.3. The molecule has 0 aromatic heterocycles. The monoisotopic (exact) mass is 308 g/mol. The smallest absolute Gasteiger partial charge is 0.157 e. The second-order valence-electron chi connectivity index (χ2n) is 8.64. The molecule has 23 heavy (non-hydrogen) atoms. The van der Waals surface area contributed by atoms with Crippen LogP contribution in [0, 0.1) is 0 Å². The van der Waals surface area contributed by atoms with Crippen LogP contribution >= 0.6 is 0 Å². The van der Waals surface area contributed by atoms with Crippen molar-refractivity contribution in [2.45, 2.75) is 56.8 Å². The Morgan fingerprint density at radius 2 is 1.17 bits per heavy atom. The lowest BCUT2D eigenvalue weighted by atomic mass is 9.72. The number of fused-ring (bicyclic) bond motifs is 4. The van der Waals surface area contributed by atoms with E-state index in [9.17, 15) is 10.2 Å². The summed E-state index contributed by atoms with van der Waals surface area (Å²) in [6.45, 7) is 9.10. The largest absolute Gasteiger partial charge is 0.504 e. The maximum Gasteiger partial charge on any atom is 0.157 e. The van der Waals surface area contributed by atoms with E-state index in [0.29, 0.717) is 0 Å². The van der Waals surface area contributed by atoms with Gasteiger partial charge in [-0.15, -0.1) is 0 Å². The van der Waals surface area contributed by atoms with Crippen LogP contribution < -0.4 is 0 Å². The molecule has 0 saturated carbocycles. The van der Waals surface area contributed by atoms with Gasteiger partial charge in [-0.05, 0) is 58.1 Å². The van der Waals surface area contributed by atoms with Crippen LogP contribution in [0.4, 0.5) is 0 Å². The van der Waals surface area contributed by atoms with Gasteiger partial charge in [-0.25, -0.2) is 0 Å². The van der Waals surface area contributed by atoms with E-state index in [1.807, 2.05) is 0 Å².